The Labute approximate surface area is 237 Å². The normalized spacial score (nSPS) is 10.8. The third-order valence-corrected chi connectivity index (χ3v) is 7.39. The van der Waals surface area contributed by atoms with Crippen molar-refractivity contribution in [2.45, 2.75) is 24.5 Å². The molecule has 1 aromatic heterocycles. The van der Waals surface area contributed by atoms with Gasteiger partial charge in [-0.1, -0.05) is 36.0 Å². The summed E-state index contributed by atoms with van der Waals surface area (Å²) in [6.45, 7) is 0.863. The summed E-state index contributed by atoms with van der Waals surface area (Å²) in [7, 11) is 6.37. The largest absolute Gasteiger partial charge is 0.493 e. The highest BCUT2D eigenvalue weighted by Gasteiger charge is 2.14. The average molecular weight is 564 g/mol. The van der Waals surface area contributed by atoms with E-state index in [1.165, 1.54) is 11.8 Å². The van der Waals surface area contributed by atoms with Crippen LogP contribution in [0.2, 0.25) is 0 Å². The number of ether oxygens (including phenoxy) is 4. The Hall–Kier alpha value is -4.18. The van der Waals surface area contributed by atoms with Crippen LogP contribution in [0.25, 0.3) is 10.9 Å². The lowest BCUT2D eigenvalue weighted by molar-refractivity contribution is -0.118. The maximum atomic E-state index is 13.4. The molecule has 0 unspecified atom stereocenters. The summed E-state index contributed by atoms with van der Waals surface area (Å²) < 4.78 is 23.0. The highest BCUT2D eigenvalue weighted by atomic mass is 32.2. The van der Waals surface area contributed by atoms with Crippen molar-refractivity contribution in [1.82, 2.24) is 14.9 Å². The molecule has 40 heavy (non-hydrogen) atoms. The average Bonchev–Trinajstić information content (AvgIpc) is 2.99. The van der Waals surface area contributed by atoms with Crippen molar-refractivity contribution in [2.75, 3.05) is 40.7 Å². The van der Waals surface area contributed by atoms with E-state index in [1.807, 2.05) is 54.6 Å². The molecule has 0 aliphatic rings. The van der Waals surface area contributed by atoms with Gasteiger partial charge < -0.3 is 24.3 Å². The first kappa shape index (κ1) is 28.8. The van der Waals surface area contributed by atoms with Crippen LogP contribution >= 0.6 is 11.8 Å². The second-order valence-corrected chi connectivity index (χ2v) is 9.83. The van der Waals surface area contributed by atoms with E-state index < -0.39 is 0 Å². The SMILES string of the molecule is COc1ccc(CCNC(=O)CSc2nc3ccccc3c(=O)n2CCc2ccc(OC)c(OC)c2)cc1OC. The maximum absolute atomic E-state index is 13.4. The van der Waals surface area contributed by atoms with Crippen molar-refractivity contribution in [3.63, 3.8) is 0 Å². The van der Waals surface area contributed by atoms with Gasteiger partial charge in [-0.25, -0.2) is 4.98 Å². The summed E-state index contributed by atoms with van der Waals surface area (Å²) in [5.74, 6) is 2.57. The van der Waals surface area contributed by atoms with Gasteiger partial charge in [0.1, 0.15) is 0 Å². The molecular formula is C30H33N3O6S. The summed E-state index contributed by atoms with van der Waals surface area (Å²) >= 11 is 1.25. The molecule has 0 radical (unpaired) electrons. The molecule has 0 atom stereocenters. The van der Waals surface area contributed by atoms with Crippen molar-refractivity contribution in [2.24, 2.45) is 0 Å². The van der Waals surface area contributed by atoms with Gasteiger partial charge in [-0.2, -0.15) is 0 Å². The Morgan fingerprint density at radius 3 is 2.05 bits per heavy atom. The minimum atomic E-state index is -0.140. The summed E-state index contributed by atoms with van der Waals surface area (Å²) in [5.41, 5.74) is 2.47. The number of aryl methyl sites for hydroxylation is 1. The predicted octanol–water partition coefficient (Wildman–Crippen LogP) is 4.12. The van der Waals surface area contributed by atoms with Gasteiger partial charge in [0.05, 0.1) is 45.1 Å². The van der Waals surface area contributed by atoms with Crippen LogP contribution in [-0.4, -0.2) is 56.2 Å². The van der Waals surface area contributed by atoms with E-state index in [4.69, 9.17) is 23.9 Å². The van der Waals surface area contributed by atoms with Gasteiger partial charge in [0.15, 0.2) is 28.2 Å². The molecule has 1 heterocycles. The minimum Gasteiger partial charge on any atom is -0.493 e. The number of fused-ring (bicyclic) bond motifs is 1. The molecule has 1 amide bonds. The zero-order chi connectivity index (χ0) is 28.5. The van der Waals surface area contributed by atoms with E-state index in [9.17, 15) is 9.59 Å². The standard InChI is InChI=1S/C30H33N3O6S/c1-36-24-11-9-20(17-26(24)38-3)13-15-31-28(34)19-40-30-32-23-8-6-5-7-22(23)29(35)33(30)16-14-21-10-12-25(37-2)27(18-21)39-4/h5-12,17-18H,13-16,19H2,1-4H3,(H,31,34). The molecule has 10 heteroatoms. The molecule has 4 rings (SSSR count). The van der Waals surface area contributed by atoms with E-state index >= 15 is 0 Å². The van der Waals surface area contributed by atoms with Gasteiger partial charge in [-0.15, -0.1) is 0 Å². The molecule has 0 fully saturated rings. The number of benzene rings is 3. The molecule has 210 valence electrons. The van der Waals surface area contributed by atoms with Crippen LogP contribution in [0.3, 0.4) is 0 Å². The van der Waals surface area contributed by atoms with Crippen LogP contribution in [0.15, 0.2) is 70.6 Å². The molecule has 0 aliphatic carbocycles. The number of hydrogen-bond acceptors (Lipinski definition) is 8. The van der Waals surface area contributed by atoms with E-state index in [0.29, 0.717) is 65.0 Å². The van der Waals surface area contributed by atoms with Gasteiger partial charge in [0.25, 0.3) is 5.56 Å². The lowest BCUT2D eigenvalue weighted by Gasteiger charge is -2.14. The Bertz CT molecular complexity index is 1540. The quantitative estimate of drug-likeness (QED) is 0.192. The summed E-state index contributed by atoms with van der Waals surface area (Å²) in [5, 5.41) is 3.99. The number of methoxy groups -OCH3 is 4. The first-order valence-corrected chi connectivity index (χ1v) is 13.8. The topological polar surface area (TPSA) is 101 Å². The first-order valence-electron chi connectivity index (χ1n) is 12.8. The molecular weight excluding hydrogens is 530 g/mol. The lowest BCUT2D eigenvalue weighted by Crippen LogP contribution is -2.28. The Kier molecular flexibility index (Phi) is 9.91. The number of carbonyl (C=O) groups is 1. The first-order chi connectivity index (χ1) is 19.5. The van der Waals surface area contributed by atoms with Gasteiger partial charge in [0, 0.05) is 13.1 Å². The maximum Gasteiger partial charge on any atom is 0.262 e. The third kappa shape index (κ3) is 6.87. The Morgan fingerprint density at radius 2 is 1.43 bits per heavy atom. The minimum absolute atomic E-state index is 0.132. The molecule has 0 bridgehead atoms. The second kappa shape index (κ2) is 13.7. The van der Waals surface area contributed by atoms with Crippen LogP contribution in [0.5, 0.6) is 23.0 Å². The number of thioether (sulfide) groups is 1. The fraction of sp³-hybridized carbons (Fsp3) is 0.300. The van der Waals surface area contributed by atoms with Crippen LogP contribution in [0.1, 0.15) is 11.1 Å². The molecule has 0 saturated heterocycles. The predicted molar refractivity (Wildman–Crippen MR) is 156 cm³/mol. The van der Waals surface area contributed by atoms with Gasteiger partial charge in [0.2, 0.25) is 5.91 Å². The lowest BCUT2D eigenvalue weighted by atomic mass is 10.1. The van der Waals surface area contributed by atoms with E-state index in [1.54, 1.807) is 39.1 Å². The van der Waals surface area contributed by atoms with Crippen molar-refractivity contribution >= 4 is 28.6 Å². The zero-order valence-electron chi connectivity index (χ0n) is 23.1. The van der Waals surface area contributed by atoms with Crippen molar-refractivity contribution in [1.29, 1.82) is 0 Å². The van der Waals surface area contributed by atoms with E-state index in [0.717, 1.165) is 11.1 Å². The zero-order valence-corrected chi connectivity index (χ0v) is 23.9. The highest BCUT2D eigenvalue weighted by Crippen LogP contribution is 2.29. The summed E-state index contributed by atoms with van der Waals surface area (Å²) in [4.78, 5) is 30.8. The van der Waals surface area contributed by atoms with Crippen molar-refractivity contribution in [3.05, 3.63) is 82.1 Å². The number of para-hydroxylation sites is 1. The number of nitrogens with zero attached hydrogens (tertiary/aromatic N) is 2. The fourth-order valence-corrected chi connectivity index (χ4v) is 5.15. The molecule has 0 saturated carbocycles. The Balaban J connectivity index is 1.44. The highest BCUT2D eigenvalue weighted by molar-refractivity contribution is 7.99. The van der Waals surface area contributed by atoms with Crippen LogP contribution in [-0.2, 0) is 24.2 Å². The smallest absolute Gasteiger partial charge is 0.262 e. The number of hydrogen-bond donors (Lipinski definition) is 1. The fourth-order valence-electron chi connectivity index (χ4n) is 4.30. The molecule has 0 spiro atoms. The summed E-state index contributed by atoms with van der Waals surface area (Å²) in [6, 6.07) is 18.6. The molecule has 3 aromatic carbocycles. The monoisotopic (exact) mass is 563 g/mol. The van der Waals surface area contributed by atoms with Crippen LogP contribution in [0, 0.1) is 0 Å². The number of rotatable bonds is 13. The van der Waals surface area contributed by atoms with Gasteiger partial charge >= 0.3 is 0 Å². The second-order valence-electron chi connectivity index (χ2n) is 8.89. The number of amides is 1. The molecule has 0 aliphatic heterocycles. The van der Waals surface area contributed by atoms with Gasteiger partial charge in [-0.3, -0.25) is 14.2 Å². The number of aromatic nitrogens is 2. The number of carbonyl (C=O) groups excluding carboxylic acids is 1. The van der Waals surface area contributed by atoms with Crippen molar-refractivity contribution in [3.8, 4) is 23.0 Å². The summed E-state index contributed by atoms with van der Waals surface area (Å²) in [6.07, 6.45) is 1.21. The van der Waals surface area contributed by atoms with E-state index in [-0.39, 0.29) is 17.2 Å². The van der Waals surface area contributed by atoms with Crippen molar-refractivity contribution < 1.29 is 23.7 Å². The molecule has 9 nitrogen and oxygen atoms in total. The molecule has 4 aromatic rings. The number of nitrogens with one attached hydrogen (secondary N) is 1. The Morgan fingerprint density at radius 1 is 0.825 bits per heavy atom. The van der Waals surface area contributed by atoms with Crippen LogP contribution in [0.4, 0.5) is 0 Å². The third-order valence-electron chi connectivity index (χ3n) is 6.41. The van der Waals surface area contributed by atoms with Gasteiger partial charge in [-0.05, 0) is 60.4 Å². The van der Waals surface area contributed by atoms with Crippen LogP contribution < -0.4 is 29.8 Å². The molecule has 1 N–H and O–H groups in total. The van der Waals surface area contributed by atoms with E-state index in [2.05, 4.69) is 5.32 Å².